The van der Waals surface area contributed by atoms with E-state index in [0.717, 1.165) is 68.7 Å². The van der Waals surface area contributed by atoms with Crippen molar-refractivity contribution in [1.29, 1.82) is 0 Å². The van der Waals surface area contributed by atoms with E-state index in [2.05, 4.69) is 54.7 Å². The first-order valence-corrected chi connectivity index (χ1v) is 13.1. The highest BCUT2D eigenvalue weighted by Gasteiger charge is 2.33. The number of nitrogens with zero attached hydrogens (tertiary/aromatic N) is 6. The van der Waals surface area contributed by atoms with Gasteiger partial charge in [0, 0.05) is 44.3 Å². The van der Waals surface area contributed by atoms with Crippen molar-refractivity contribution < 1.29 is 9.59 Å². The van der Waals surface area contributed by atoms with Crippen LogP contribution in [0, 0.1) is 0 Å². The average molecular weight is 501 g/mol. The summed E-state index contributed by atoms with van der Waals surface area (Å²) in [6.45, 7) is 4.14. The highest BCUT2D eigenvalue weighted by atomic mass is 16.2. The van der Waals surface area contributed by atoms with Gasteiger partial charge in [0.15, 0.2) is 5.69 Å². The fourth-order valence-corrected chi connectivity index (χ4v) is 5.81. The molecule has 2 atom stereocenters. The van der Waals surface area contributed by atoms with Gasteiger partial charge in [0.2, 0.25) is 5.91 Å². The zero-order chi connectivity index (χ0) is 25.4. The molecule has 0 radical (unpaired) electrons. The average Bonchev–Trinajstić information content (AvgIpc) is 3.52. The van der Waals surface area contributed by atoms with Crippen molar-refractivity contribution in [3.63, 3.8) is 0 Å². The molecule has 3 aliphatic rings. The van der Waals surface area contributed by atoms with Gasteiger partial charge < -0.3 is 16.0 Å². The van der Waals surface area contributed by atoms with Gasteiger partial charge >= 0.3 is 0 Å². The van der Waals surface area contributed by atoms with Gasteiger partial charge in [-0.05, 0) is 48.4 Å². The quantitative estimate of drug-likeness (QED) is 0.530. The third kappa shape index (κ3) is 5.06. The predicted molar refractivity (Wildman–Crippen MR) is 137 cm³/mol. The summed E-state index contributed by atoms with van der Waals surface area (Å²) in [6.07, 6.45) is 6.11. The number of carbonyl (C=O) groups is 2. The second-order valence-corrected chi connectivity index (χ2v) is 10.3. The van der Waals surface area contributed by atoms with E-state index in [9.17, 15) is 9.59 Å². The third-order valence-electron chi connectivity index (χ3n) is 7.74. The van der Waals surface area contributed by atoms with Crippen molar-refractivity contribution in [2.75, 3.05) is 25.4 Å². The lowest BCUT2D eigenvalue weighted by molar-refractivity contribution is -0.139. The molecule has 10 nitrogen and oxygen atoms in total. The predicted octanol–water partition coefficient (Wildman–Crippen LogP) is 1.92. The van der Waals surface area contributed by atoms with Crippen molar-refractivity contribution in [2.24, 2.45) is 0 Å². The van der Waals surface area contributed by atoms with E-state index in [1.165, 1.54) is 5.56 Å². The van der Waals surface area contributed by atoms with Gasteiger partial charge in [0.1, 0.15) is 5.82 Å². The van der Waals surface area contributed by atoms with Gasteiger partial charge in [-0.25, -0.2) is 9.67 Å². The largest absolute Gasteiger partial charge is 0.384 e. The van der Waals surface area contributed by atoms with Gasteiger partial charge in [-0.2, -0.15) is 0 Å². The summed E-state index contributed by atoms with van der Waals surface area (Å²) >= 11 is 0. The van der Waals surface area contributed by atoms with E-state index in [0.29, 0.717) is 36.4 Å². The van der Waals surface area contributed by atoms with Crippen molar-refractivity contribution in [1.82, 2.24) is 35.1 Å². The van der Waals surface area contributed by atoms with E-state index in [-0.39, 0.29) is 11.9 Å². The summed E-state index contributed by atoms with van der Waals surface area (Å²) in [5, 5.41) is 11.3. The van der Waals surface area contributed by atoms with Gasteiger partial charge in [0.25, 0.3) is 5.91 Å². The van der Waals surface area contributed by atoms with E-state index >= 15 is 0 Å². The Morgan fingerprint density at radius 2 is 1.84 bits per heavy atom. The molecule has 10 heteroatoms. The molecule has 1 aliphatic carbocycles. The highest BCUT2D eigenvalue weighted by molar-refractivity contribution is 5.92. The monoisotopic (exact) mass is 500 g/mol. The fraction of sp³-hybridized carbons (Fsp3) is 0.444. The van der Waals surface area contributed by atoms with Crippen molar-refractivity contribution in [3.8, 4) is 0 Å². The maximum Gasteiger partial charge on any atom is 0.273 e. The maximum atomic E-state index is 12.8. The first-order chi connectivity index (χ1) is 18.0. The topological polar surface area (TPSA) is 122 Å². The number of nitrogen functional groups attached to an aromatic ring is 1. The standard InChI is InChI=1S/C27H32N8O2/c28-25-11-8-21-22(29-25)9-10-23(21)30-27(37)24-17-34(32-31-24)15-19-6-4-18(5-7-19)14-33-12-13-35-20(16-33)2-1-3-26(35)36/h4-8,11,17,20,23H,1-3,9-10,12-16H2,(H2,28,29)(H,30,37). The molecule has 4 heterocycles. The molecule has 3 N–H and O–H groups in total. The minimum Gasteiger partial charge on any atom is -0.384 e. The van der Waals surface area contributed by atoms with Gasteiger partial charge in [0.05, 0.1) is 18.8 Å². The number of amides is 2. The lowest BCUT2D eigenvalue weighted by Gasteiger charge is -2.44. The number of nitrogens with one attached hydrogen (secondary N) is 1. The number of carbonyl (C=O) groups excluding carboxylic acids is 2. The van der Waals surface area contributed by atoms with Crippen molar-refractivity contribution in [3.05, 3.63) is 70.7 Å². The van der Waals surface area contributed by atoms with Crippen LogP contribution >= 0.6 is 0 Å². The van der Waals surface area contributed by atoms with Crippen LogP contribution in [0.1, 0.15) is 64.6 Å². The Labute approximate surface area is 215 Å². The normalized spacial score (nSPS) is 21.5. The molecule has 2 amide bonds. The van der Waals surface area contributed by atoms with Crippen molar-refractivity contribution >= 4 is 17.6 Å². The second-order valence-electron chi connectivity index (χ2n) is 10.3. The number of nitrogens with two attached hydrogens (primary N) is 1. The van der Waals surface area contributed by atoms with E-state index < -0.39 is 0 Å². The van der Waals surface area contributed by atoms with Crippen LogP contribution < -0.4 is 11.1 Å². The Balaban J connectivity index is 1.02. The third-order valence-corrected chi connectivity index (χ3v) is 7.74. The zero-order valence-corrected chi connectivity index (χ0v) is 20.8. The van der Waals surface area contributed by atoms with Crippen LogP contribution in [0.5, 0.6) is 0 Å². The molecule has 0 spiro atoms. The Kier molecular flexibility index (Phi) is 6.33. The molecular weight excluding hydrogens is 468 g/mol. The van der Waals surface area contributed by atoms with Crippen LogP contribution in [0.4, 0.5) is 5.82 Å². The van der Waals surface area contributed by atoms with Crippen LogP contribution in [0.15, 0.2) is 42.6 Å². The lowest BCUT2D eigenvalue weighted by Crippen LogP contribution is -2.56. The van der Waals surface area contributed by atoms with E-state index in [4.69, 9.17) is 5.73 Å². The number of fused-ring (bicyclic) bond motifs is 2. The molecule has 2 unspecified atom stereocenters. The molecule has 2 aromatic heterocycles. The number of anilines is 1. The SMILES string of the molecule is Nc1ccc2c(n1)CCC2NC(=O)c1cn(Cc2ccc(CN3CCN4C(=O)CCCC4C3)cc2)nn1. The molecular formula is C27H32N8O2. The van der Waals surface area contributed by atoms with E-state index in [1.807, 2.05) is 6.07 Å². The molecule has 3 aromatic rings. The molecule has 0 bridgehead atoms. The Morgan fingerprint density at radius 3 is 2.68 bits per heavy atom. The number of piperazine rings is 1. The first-order valence-electron chi connectivity index (χ1n) is 13.1. The number of aromatic nitrogens is 4. The molecule has 37 heavy (non-hydrogen) atoms. The number of benzene rings is 1. The second kappa shape index (κ2) is 9.93. The number of hydrogen-bond donors (Lipinski definition) is 2. The van der Waals surface area contributed by atoms with Gasteiger partial charge in [-0.1, -0.05) is 35.5 Å². The summed E-state index contributed by atoms with van der Waals surface area (Å²) in [6, 6.07) is 12.5. The molecule has 6 rings (SSSR count). The molecule has 2 saturated heterocycles. The first kappa shape index (κ1) is 23.6. The van der Waals surface area contributed by atoms with Crippen LogP contribution in [0.3, 0.4) is 0 Å². The molecule has 2 aliphatic heterocycles. The minimum atomic E-state index is -0.240. The fourth-order valence-electron chi connectivity index (χ4n) is 5.81. The summed E-state index contributed by atoms with van der Waals surface area (Å²) in [7, 11) is 0. The number of aryl methyl sites for hydroxylation is 1. The molecule has 2 fully saturated rings. The Bertz CT molecular complexity index is 1300. The summed E-state index contributed by atoms with van der Waals surface area (Å²) in [5.41, 5.74) is 10.4. The number of piperidine rings is 1. The van der Waals surface area contributed by atoms with Gasteiger partial charge in [-0.15, -0.1) is 5.10 Å². The van der Waals surface area contributed by atoms with Crippen LogP contribution in [-0.2, 0) is 24.3 Å². The number of hydrogen-bond acceptors (Lipinski definition) is 7. The maximum absolute atomic E-state index is 12.8. The minimum absolute atomic E-state index is 0.0881. The molecule has 1 aromatic carbocycles. The summed E-state index contributed by atoms with van der Waals surface area (Å²) in [4.78, 5) is 33.8. The lowest BCUT2D eigenvalue weighted by atomic mass is 9.98. The van der Waals surface area contributed by atoms with Crippen LogP contribution in [-0.4, -0.2) is 67.3 Å². The van der Waals surface area contributed by atoms with Crippen LogP contribution in [0.2, 0.25) is 0 Å². The number of pyridine rings is 1. The summed E-state index contributed by atoms with van der Waals surface area (Å²) in [5.74, 6) is 0.582. The highest BCUT2D eigenvalue weighted by Crippen LogP contribution is 2.30. The zero-order valence-electron chi connectivity index (χ0n) is 20.8. The molecule has 192 valence electrons. The van der Waals surface area contributed by atoms with E-state index in [1.54, 1.807) is 16.9 Å². The van der Waals surface area contributed by atoms with Crippen molar-refractivity contribution in [2.45, 2.75) is 57.3 Å². The van der Waals surface area contributed by atoms with Crippen LogP contribution in [0.25, 0.3) is 0 Å². The number of rotatable bonds is 6. The molecule has 0 saturated carbocycles. The smallest absolute Gasteiger partial charge is 0.273 e. The Morgan fingerprint density at radius 1 is 1.03 bits per heavy atom. The Hall–Kier alpha value is -3.79. The summed E-state index contributed by atoms with van der Waals surface area (Å²) < 4.78 is 1.69. The van der Waals surface area contributed by atoms with Gasteiger partial charge in [-0.3, -0.25) is 14.5 Å².